The Balaban J connectivity index is 3.08. The molecule has 1 unspecified atom stereocenters. The van der Waals surface area contributed by atoms with Crippen molar-refractivity contribution in [1.82, 2.24) is 0 Å². The van der Waals surface area contributed by atoms with E-state index >= 15 is 0 Å². The van der Waals surface area contributed by atoms with E-state index in [0.717, 1.165) is 10.4 Å². The van der Waals surface area contributed by atoms with Crippen LogP contribution in [0.5, 0.6) is 0 Å². The topological polar surface area (TPSA) is 3.24 Å². The van der Waals surface area contributed by atoms with Crippen molar-refractivity contribution >= 4 is 33.2 Å². The molecule has 0 spiro atoms. The third-order valence-corrected chi connectivity index (χ3v) is 4.24. The number of anilines is 1. The molecule has 0 fully saturated rings. The molecule has 0 saturated heterocycles. The molecular weight excluding hydrogens is 298 g/mol. The summed E-state index contributed by atoms with van der Waals surface area (Å²) in [5.74, 6) is 0. The molecule has 0 aromatic heterocycles. The van der Waals surface area contributed by atoms with E-state index in [2.05, 4.69) is 61.6 Å². The molecule has 96 valence electrons. The van der Waals surface area contributed by atoms with Crippen LogP contribution in [0.15, 0.2) is 18.2 Å². The van der Waals surface area contributed by atoms with Crippen LogP contribution in [0.3, 0.4) is 0 Å². The molecule has 1 rings (SSSR count). The summed E-state index contributed by atoms with van der Waals surface area (Å²) in [5.41, 5.74) is 2.72. The molecular formula is C14H21BrClN. The van der Waals surface area contributed by atoms with Crippen molar-refractivity contribution in [2.75, 3.05) is 11.9 Å². The van der Waals surface area contributed by atoms with E-state index in [-0.39, 0.29) is 5.41 Å². The van der Waals surface area contributed by atoms with Crippen LogP contribution >= 0.6 is 27.5 Å². The highest BCUT2D eigenvalue weighted by Gasteiger charge is 2.25. The Morgan fingerprint density at radius 1 is 1.35 bits per heavy atom. The Kier molecular flexibility index (Phi) is 4.91. The van der Waals surface area contributed by atoms with E-state index in [4.69, 9.17) is 11.6 Å². The Bertz CT molecular complexity index is 384. The van der Waals surface area contributed by atoms with Crippen molar-refractivity contribution in [2.45, 2.75) is 39.1 Å². The quantitative estimate of drug-likeness (QED) is 0.700. The van der Waals surface area contributed by atoms with Gasteiger partial charge in [-0.05, 0) is 36.1 Å². The zero-order valence-corrected chi connectivity index (χ0v) is 13.6. The van der Waals surface area contributed by atoms with Crippen molar-refractivity contribution in [2.24, 2.45) is 5.41 Å². The van der Waals surface area contributed by atoms with Crippen LogP contribution in [-0.4, -0.2) is 13.1 Å². The monoisotopic (exact) mass is 317 g/mol. The van der Waals surface area contributed by atoms with Crippen LogP contribution in [0, 0.1) is 5.41 Å². The van der Waals surface area contributed by atoms with Crippen LogP contribution in [0.1, 0.15) is 33.3 Å². The van der Waals surface area contributed by atoms with Gasteiger partial charge in [-0.25, -0.2) is 0 Å². The van der Waals surface area contributed by atoms with Gasteiger partial charge in [-0.3, -0.25) is 0 Å². The molecule has 0 aliphatic heterocycles. The largest absolute Gasteiger partial charge is 0.371 e. The van der Waals surface area contributed by atoms with E-state index < -0.39 is 0 Å². The summed E-state index contributed by atoms with van der Waals surface area (Å²) in [7, 11) is 2.14. The lowest BCUT2D eigenvalue weighted by Crippen LogP contribution is -2.39. The number of alkyl halides is 1. The number of halogens is 2. The normalized spacial score (nSPS) is 13.6. The Morgan fingerprint density at radius 2 is 1.94 bits per heavy atom. The first kappa shape index (κ1) is 14.8. The third kappa shape index (κ3) is 3.62. The van der Waals surface area contributed by atoms with Crippen LogP contribution in [0.4, 0.5) is 5.69 Å². The summed E-state index contributed by atoms with van der Waals surface area (Å²) < 4.78 is 0. The molecule has 1 aromatic carbocycles. The van der Waals surface area contributed by atoms with Crippen LogP contribution in [0.25, 0.3) is 0 Å². The minimum Gasteiger partial charge on any atom is -0.371 e. The van der Waals surface area contributed by atoms with Crippen molar-refractivity contribution in [1.29, 1.82) is 0 Å². The molecule has 17 heavy (non-hydrogen) atoms. The second-order valence-electron chi connectivity index (χ2n) is 5.56. The molecule has 0 aliphatic carbocycles. The highest BCUT2D eigenvalue weighted by atomic mass is 79.9. The first-order chi connectivity index (χ1) is 7.77. The lowest BCUT2D eigenvalue weighted by molar-refractivity contribution is 0.329. The summed E-state index contributed by atoms with van der Waals surface area (Å²) >= 11 is 9.56. The van der Waals surface area contributed by atoms with Gasteiger partial charge in [0.25, 0.3) is 0 Å². The summed E-state index contributed by atoms with van der Waals surface area (Å²) in [6.07, 6.45) is 0. The van der Waals surface area contributed by atoms with E-state index in [1.807, 2.05) is 12.1 Å². The first-order valence-corrected chi connectivity index (χ1v) is 7.34. The zero-order valence-electron chi connectivity index (χ0n) is 11.2. The molecule has 0 radical (unpaired) electrons. The Hall–Kier alpha value is -0.210. The maximum Gasteiger partial charge on any atom is 0.0410 e. The van der Waals surface area contributed by atoms with Crippen LogP contribution < -0.4 is 4.90 Å². The molecule has 3 heteroatoms. The fourth-order valence-electron chi connectivity index (χ4n) is 1.79. The SMILES string of the molecule is CC(N(C)c1ccc(Cl)cc1CBr)C(C)(C)C. The summed E-state index contributed by atoms with van der Waals surface area (Å²) in [6, 6.07) is 6.54. The number of hydrogen-bond acceptors (Lipinski definition) is 1. The summed E-state index contributed by atoms with van der Waals surface area (Å²) in [6.45, 7) is 9.04. The summed E-state index contributed by atoms with van der Waals surface area (Å²) in [4.78, 5) is 2.33. The molecule has 1 atom stereocenters. The maximum absolute atomic E-state index is 6.03. The summed E-state index contributed by atoms with van der Waals surface area (Å²) in [5, 5.41) is 1.62. The van der Waals surface area contributed by atoms with Gasteiger partial charge in [-0.1, -0.05) is 48.3 Å². The lowest BCUT2D eigenvalue weighted by Gasteiger charge is -2.37. The lowest BCUT2D eigenvalue weighted by atomic mass is 9.86. The van der Waals surface area contributed by atoms with E-state index in [0.29, 0.717) is 6.04 Å². The number of rotatable bonds is 3. The fourth-order valence-corrected chi connectivity index (χ4v) is 2.44. The average molecular weight is 319 g/mol. The van der Waals surface area contributed by atoms with E-state index in [1.165, 1.54) is 11.3 Å². The smallest absolute Gasteiger partial charge is 0.0410 e. The van der Waals surface area contributed by atoms with Crippen LogP contribution in [0.2, 0.25) is 5.02 Å². The molecule has 1 nitrogen and oxygen atoms in total. The van der Waals surface area contributed by atoms with Gasteiger partial charge in [0.05, 0.1) is 0 Å². The van der Waals surface area contributed by atoms with Gasteiger partial charge in [0, 0.05) is 29.1 Å². The van der Waals surface area contributed by atoms with Gasteiger partial charge in [0.2, 0.25) is 0 Å². The van der Waals surface area contributed by atoms with Gasteiger partial charge in [0.15, 0.2) is 0 Å². The fraction of sp³-hybridized carbons (Fsp3) is 0.571. The minimum absolute atomic E-state index is 0.248. The first-order valence-electron chi connectivity index (χ1n) is 5.84. The minimum atomic E-state index is 0.248. The predicted octanol–water partition coefficient (Wildman–Crippen LogP) is 5.11. The standard InChI is InChI=1S/C14H21BrClN/c1-10(14(2,3)4)17(5)13-7-6-12(16)8-11(13)9-15/h6-8,10H,9H2,1-5H3. The molecule has 0 heterocycles. The third-order valence-electron chi connectivity index (χ3n) is 3.40. The number of hydrogen-bond donors (Lipinski definition) is 0. The molecule has 0 amide bonds. The maximum atomic E-state index is 6.03. The van der Waals surface area contributed by atoms with Gasteiger partial charge < -0.3 is 4.90 Å². The number of nitrogens with zero attached hydrogens (tertiary/aromatic N) is 1. The van der Waals surface area contributed by atoms with Crippen molar-refractivity contribution in [3.63, 3.8) is 0 Å². The molecule has 0 bridgehead atoms. The van der Waals surface area contributed by atoms with Gasteiger partial charge >= 0.3 is 0 Å². The van der Waals surface area contributed by atoms with Gasteiger partial charge in [-0.15, -0.1) is 0 Å². The molecule has 0 aliphatic rings. The van der Waals surface area contributed by atoms with E-state index in [9.17, 15) is 0 Å². The zero-order chi connectivity index (χ0) is 13.2. The molecule has 1 aromatic rings. The highest BCUT2D eigenvalue weighted by Crippen LogP contribution is 2.31. The Morgan fingerprint density at radius 3 is 2.41 bits per heavy atom. The second kappa shape index (κ2) is 5.62. The predicted molar refractivity (Wildman–Crippen MR) is 81.4 cm³/mol. The van der Waals surface area contributed by atoms with Gasteiger partial charge in [-0.2, -0.15) is 0 Å². The van der Waals surface area contributed by atoms with Crippen LogP contribution in [-0.2, 0) is 5.33 Å². The molecule has 0 N–H and O–H groups in total. The second-order valence-corrected chi connectivity index (χ2v) is 6.56. The van der Waals surface area contributed by atoms with Crippen molar-refractivity contribution in [3.05, 3.63) is 28.8 Å². The molecule has 0 saturated carbocycles. The Labute approximate surface area is 118 Å². The average Bonchev–Trinajstić information content (AvgIpc) is 2.25. The van der Waals surface area contributed by atoms with E-state index in [1.54, 1.807) is 0 Å². The van der Waals surface area contributed by atoms with Crippen molar-refractivity contribution in [3.8, 4) is 0 Å². The highest BCUT2D eigenvalue weighted by molar-refractivity contribution is 9.08. The van der Waals surface area contributed by atoms with Crippen molar-refractivity contribution < 1.29 is 0 Å². The number of benzene rings is 1. The van der Waals surface area contributed by atoms with Gasteiger partial charge in [0.1, 0.15) is 0 Å².